The Bertz CT molecular complexity index is 326. The predicted molar refractivity (Wildman–Crippen MR) is 50.4 cm³/mol. The summed E-state index contributed by atoms with van der Waals surface area (Å²) in [5, 5.41) is 11.3. The van der Waals surface area contributed by atoms with Crippen molar-refractivity contribution in [2.75, 3.05) is 25.4 Å². The van der Waals surface area contributed by atoms with Crippen LogP contribution in [0.15, 0.2) is 0 Å². The Hall–Kier alpha value is -1.17. The second-order valence-corrected chi connectivity index (χ2v) is 4.19. The highest BCUT2D eigenvalue weighted by atomic mass is 15.6. The number of hydrogen-bond donors (Lipinski definition) is 1. The molecule has 14 heavy (non-hydrogen) atoms. The van der Waals surface area contributed by atoms with Crippen molar-refractivity contribution in [2.24, 2.45) is 5.92 Å². The van der Waals surface area contributed by atoms with Crippen molar-refractivity contribution in [3.8, 4) is 0 Å². The monoisotopic (exact) mass is 194 g/mol. The minimum atomic E-state index is 0.396. The molecule has 3 saturated heterocycles. The summed E-state index contributed by atoms with van der Waals surface area (Å²) in [7, 11) is 0. The molecule has 2 bridgehead atoms. The molecular formula is C8H14N6. The standard InChI is InChI=1S/C8H14N6/c9-8-10-11-12-14(8)7-5-13-3-1-6(7)2-4-13/h6-7H,1-5H2,(H2,9,10,12). The molecule has 1 atom stereocenters. The van der Waals surface area contributed by atoms with Crippen LogP contribution in [0, 0.1) is 5.92 Å². The number of piperidine rings is 3. The van der Waals surface area contributed by atoms with Gasteiger partial charge >= 0.3 is 0 Å². The molecule has 0 aromatic carbocycles. The molecular weight excluding hydrogens is 180 g/mol. The predicted octanol–water partition coefficient (Wildman–Crippen LogP) is -0.478. The van der Waals surface area contributed by atoms with E-state index < -0.39 is 0 Å². The first-order valence-electron chi connectivity index (χ1n) is 5.10. The average molecular weight is 194 g/mol. The maximum absolute atomic E-state index is 5.71. The number of anilines is 1. The van der Waals surface area contributed by atoms with Crippen LogP contribution >= 0.6 is 0 Å². The van der Waals surface area contributed by atoms with Crippen LogP contribution in [0.4, 0.5) is 5.95 Å². The summed E-state index contributed by atoms with van der Waals surface area (Å²) in [6.45, 7) is 3.51. The zero-order valence-corrected chi connectivity index (χ0v) is 8.00. The second-order valence-electron chi connectivity index (χ2n) is 4.19. The van der Waals surface area contributed by atoms with Gasteiger partial charge in [-0.15, -0.1) is 0 Å². The maximum Gasteiger partial charge on any atom is 0.240 e. The fraction of sp³-hybridized carbons (Fsp3) is 0.875. The van der Waals surface area contributed by atoms with Crippen molar-refractivity contribution in [3.63, 3.8) is 0 Å². The summed E-state index contributed by atoms with van der Waals surface area (Å²) < 4.78 is 1.79. The number of nitrogens with zero attached hydrogens (tertiary/aromatic N) is 5. The number of nitrogens with two attached hydrogens (primary N) is 1. The van der Waals surface area contributed by atoms with Crippen molar-refractivity contribution in [1.29, 1.82) is 0 Å². The van der Waals surface area contributed by atoms with Crippen LogP contribution in [0.3, 0.4) is 0 Å². The lowest BCUT2D eigenvalue weighted by molar-refractivity contribution is 0.0514. The highest BCUT2D eigenvalue weighted by molar-refractivity contribution is 5.13. The second kappa shape index (κ2) is 2.91. The van der Waals surface area contributed by atoms with Gasteiger partial charge < -0.3 is 10.6 Å². The summed E-state index contributed by atoms with van der Waals surface area (Å²) in [4.78, 5) is 2.46. The topological polar surface area (TPSA) is 72.9 Å². The van der Waals surface area contributed by atoms with E-state index >= 15 is 0 Å². The van der Waals surface area contributed by atoms with Gasteiger partial charge in [0, 0.05) is 6.54 Å². The van der Waals surface area contributed by atoms with Gasteiger partial charge in [0.25, 0.3) is 0 Å². The van der Waals surface area contributed by atoms with Crippen LogP contribution in [0.25, 0.3) is 0 Å². The number of tetrazole rings is 1. The van der Waals surface area contributed by atoms with Crippen molar-refractivity contribution in [2.45, 2.75) is 18.9 Å². The number of fused-ring (bicyclic) bond motifs is 3. The third-order valence-electron chi connectivity index (χ3n) is 3.45. The molecule has 0 amide bonds. The number of hydrogen-bond acceptors (Lipinski definition) is 5. The molecule has 6 heteroatoms. The minimum Gasteiger partial charge on any atom is -0.367 e. The van der Waals surface area contributed by atoms with Gasteiger partial charge in [-0.2, -0.15) is 0 Å². The van der Waals surface area contributed by atoms with Crippen molar-refractivity contribution >= 4 is 5.95 Å². The molecule has 2 N–H and O–H groups in total. The zero-order chi connectivity index (χ0) is 9.54. The van der Waals surface area contributed by atoms with Crippen molar-refractivity contribution < 1.29 is 0 Å². The SMILES string of the molecule is Nc1nnnn1C1CN2CCC1CC2. The van der Waals surface area contributed by atoms with Gasteiger partial charge in [-0.1, -0.05) is 5.10 Å². The van der Waals surface area contributed by atoms with Gasteiger partial charge in [-0.3, -0.25) is 0 Å². The van der Waals surface area contributed by atoms with Crippen LogP contribution < -0.4 is 5.73 Å². The van der Waals surface area contributed by atoms with E-state index in [1.165, 1.54) is 25.9 Å². The third kappa shape index (κ3) is 1.10. The average Bonchev–Trinajstić information content (AvgIpc) is 2.66. The molecule has 3 aliphatic heterocycles. The minimum absolute atomic E-state index is 0.396. The highest BCUT2D eigenvalue weighted by Crippen LogP contribution is 2.35. The van der Waals surface area contributed by atoms with Crippen LogP contribution in [0.2, 0.25) is 0 Å². The number of aromatic nitrogens is 4. The van der Waals surface area contributed by atoms with Gasteiger partial charge in [0.05, 0.1) is 6.04 Å². The van der Waals surface area contributed by atoms with E-state index in [2.05, 4.69) is 20.4 Å². The summed E-state index contributed by atoms with van der Waals surface area (Å²) in [6.07, 6.45) is 2.51. The number of rotatable bonds is 1. The highest BCUT2D eigenvalue weighted by Gasteiger charge is 2.36. The Morgan fingerprint density at radius 2 is 2.07 bits per heavy atom. The summed E-state index contributed by atoms with van der Waals surface area (Å²) in [5.74, 6) is 1.16. The Labute approximate surface area is 82.1 Å². The molecule has 0 spiro atoms. The first-order valence-corrected chi connectivity index (χ1v) is 5.10. The van der Waals surface area contributed by atoms with Gasteiger partial charge in [0.2, 0.25) is 5.95 Å². The molecule has 3 aliphatic rings. The fourth-order valence-electron chi connectivity index (χ4n) is 2.65. The largest absolute Gasteiger partial charge is 0.367 e. The number of nitrogen functional groups attached to an aromatic ring is 1. The van der Waals surface area contributed by atoms with Crippen LogP contribution in [-0.2, 0) is 0 Å². The Balaban J connectivity index is 1.89. The molecule has 0 saturated carbocycles. The smallest absolute Gasteiger partial charge is 0.240 e. The molecule has 1 unspecified atom stereocenters. The molecule has 0 radical (unpaired) electrons. The van der Waals surface area contributed by atoms with Crippen molar-refractivity contribution in [3.05, 3.63) is 0 Å². The first-order chi connectivity index (χ1) is 6.84. The Kier molecular flexibility index (Phi) is 1.70. The summed E-state index contributed by atoms with van der Waals surface area (Å²) >= 11 is 0. The Morgan fingerprint density at radius 1 is 1.29 bits per heavy atom. The van der Waals surface area contributed by atoms with Crippen molar-refractivity contribution in [1.82, 2.24) is 25.1 Å². The summed E-state index contributed by atoms with van der Waals surface area (Å²) in [6, 6.07) is 0.396. The van der Waals surface area contributed by atoms with Crippen LogP contribution in [0.5, 0.6) is 0 Å². The molecule has 0 aliphatic carbocycles. The lowest BCUT2D eigenvalue weighted by Gasteiger charge is -2.44. The van der Waals surface area contributed by atoms with E-state index in [-0.39, 0.29) is 0 Å². The van der Waals surface area contributed by atoms with Crippen LogP contribution in [0.1, 0.15) is 18.9 Å². The summed E-state index contributed by atoms with van der Waals surface area (Å²) in [5.41, 5.74) is 5.71. The van der Waals surface area contributed by atoms with E-state index in [1.54, 1.807) is 4.68 Å². The molecule has 3 fully saturated rings. The quantitative estimate of drug-likeness (QED) is 0.653. The van der Waals surface area contributed by atoms with Gasteiger partial charge in [0.1, 0.15) is 0 Å². The lowest BCUT2D eigenvalue weighted by Crippen LogP contribution is -2.48. The zero-order valence-electron chi connectivity index (χ0n) is 8.00. The Morgan fingerprint density at radius 3 is 2.57 bits per heavy atom. The maximum atomic E-state index is 5.71. The lowest BCUT2D eigenvalue weighted by atomic mass is 9.84. The van der Waals surface area contributed by atoms with Gasteiger partial charge in [-0.05, 0) is 42.3 Å². The first kappa shape index (κ1) is 8.16. The molecule has 1 aromatic rings. The fourth-order valence-corrected chi connectivity index (χ4v) is 2.65. The van der Waals surface area contributed by atoms with Gasteiger partial charge in [-0.25, -0.2) is 4.68 Å². The molecule has 76 valence electrons. The van der Waals surface area contributed by atoms with E-state index in [1.807, 2.05) is 0 Å². The van der Waals surface area contributed by atoms with E-state index in [0.717, 1.165) is 6.54 Å². The van der Waals surface area contributed by atoms with E-state index in [0.29, 0.717) is 17.9 Å². The molecule has 1 aromatic heterocycles. The van der Waals surface area contributed by atoms with E-state index in [4.69, 9.17) is 5.73 Å². The third-order valence-corrected chi connectivity index (χ3v) is 3.45. The van der Waals surface area contributed by atoms with Crippen LogP contribution in [-0.4, -0.2) is 44.7 Å². The molecule has 6 nitrogen and oxygen atoms in total. The molecule has 4 heterocycles. The van der Waals surface area contributed by atoms with Gasteiger partial charge in [0.15, 0.2) is 0 Å². The van der Waals surface area contributed by atoms with E-state index in [9.17, 15) is 0 Å². The molecule has 4 rings (SSSR count). The normalized spacial score (nSPS) is 36.1.